The lowest BCUT2D eigenvalue weighted by Gasteiger charge is -2.27. The number of hydrogen-bond acceptors (Lipinski definition) is 3. The normalized spacial score (nSPS) is 16.3. The number of likely N-dealkylation sites (tertiary alicyclic amines) is 1. The van der Waals surface area contributed by atoms with E-state index in [-0.39, 0.29) is 5.76 Å². The smallest absolute Gasteiger partial charge is 0.372 e. The van der Waals surface area contributed by atoms with Crippen LogP contribution in [-0.2, 0) is 6.54 Å². The molecule has 0 spiro atoms. The van der Waals surface area contributed by atoms with Crippen LogP contribution in [0, 0.1) is 20.8 Å². The van der Waals surface area contributed by atoms with Gasteiger partial charge in [-0.3, -0.25) is 4.90 Å². The van der Waals surface area contributed by atoms with Crippen LogP contribution in [0.1, 0.15) is 52.1 Å². The Balaban J connectivity index is 2.05. The molecule has 1 aromatic heterocycles. The molecule has 118 valence electrons. The third-order valence-corrected chi connectivity index (χ3v) is 4.93. The van der Waals surface area contributed by atoms with Gasteiger partial charge in [0.05, 0.1) is 0 Å². The van der Waals surface area contributed by atoms with E-state index in [1.807, 2.05) is 13.8 Å². The number of benzene rings is 1. The average molecular weight is 301 g/mol. The van der Waals surface area contributed by atoms with Gasteiger partial charge in [-0.05, 0) is 69.5 Å². The molecular weight excluding hydrogens is 278 g/mol. The molecule has 0 saturated carbocycles. The number of piperidine rings is 1. The molecule has 1 saturated heterocycles. The Kier molecular flexibility index (Phi) is 3.96. The molecule has 1 aliphatic heterocycles. The number of fused-ring (bicyclic) bond motifs is 1. The number of carbonyl (C=O) groups is 1. The van der Waals surface area contributed by atoms with Crippen LogP contribution in [0.5, 0.6) is 0 Å². The Morgan fingerprint density at radius 1 is 1.14 bits per heavy atom. The van der Waals surface area contributed by atoms with Crippen LogP contribution in [0.15, 0.2) is 10.5 Å². The summed E-state index contributed by atoms with van der Waals surface area (Å²) in [6, 6.07) is 2.12. The van der Waals surface area contributed by atoms with Crippen molar-refractivity contribution in [1.29, 1.82) is 0 Å². The highest BCUT2D eigenvalue weighted by molar-refractivity contribution is 5.96. The molecule has 0 atom stereocenters. The molecule has 0 amide bonds. The van der Waals surface area contributed by atoms with Gasteiger partial charge in [0.2, 0.25) is 5.76 Å². The molecule has 1 aliphatic rings. The van der Waals surface area contributed by atoms with Gasteiger partial charge in [-0.25, -0.2) is 4.79 Å². The van der Waals surface area contributed by atoms with E-state index in [2.05, 4.69) is 17.9 Å². The summed E-state index contributed by atoms with van der Waals surface area (Å²) in [6.07, 6.45) is 3.87. The van der Waals surface area contributed by atoms with E-state index < -0.39 is 5.97 Å². The molecule has 2 heterocycles. The zero-order chi connectivity index (χ0) is 15.9. The zero-order valence-corrected chi connectivity index (χ0v) is 13.5. The first-order valence-corrected chi connectivity index (χ1v) is 7.97. The second kappa shape index (κ2) is 5.76. The fourth-order valence-corrected chi connectivity index (χ4v) is 3.40. The summed E-state index contributed by atoms with van der Waals surface area (Å²) in [5.74, 6) is -0.934. The first kappa shape index (κ1) is 15.1. The molecule has 1 aromatic carbocycles. The van der Waals surface area contributed by atoms with Crippen LogP contribution in [0.3, 0.4) is 0 Å². The third-order valence-electron chi connectivity index (χ3n) is 4.93. The van der Waals surface area contributed by atoms with E-state index in [1.165, 1.54) is 30.4 Å². The topological polar surface area (TPSA) is 53.7 Å². The second-order valence-corrected chi connectivity index (χ2v) is 6.36. The van der Waals surface area contributed by atoms with E-state index in [1.54, 1.807) is 0 Å². The quantitative estimate of drug-likeness (QED) is 0.929. The Hall–Kier alpha value is -1.81. The van der Waals surface area contributed by atoms with Gasteiger partial charge < -0.3 is 9.52 Å². The van der Waals surface area contributed by atoms with Gasteiger partial charge in [0.15, 0.2) is 0 Å². The SMILES string of the molecule is Cc1c(CN2CCCCC2)cc2c(C)c(C(=O)O)oc2c1C. The number of carboxylic acids is 1. The fourth-order valence-electron chi connectivity index (χ4n) is 3.40. The number of carboxylic acid groups (broad SMARTS) is 1. The van der Waals surface area contributed by atoms with Crippen LogP contribution in [0.2, 0.25) is 0 Å². The molecule has 0 aliphatic carbocycles. The Morgan fingerprint density at radius 3 is 2.45 bits per heavy atom. The molecule has 0 unspecified atom stereocenters. The molecule has 0 radical (unpaired) electrons. The van der Waals surface area contributed by atoms with Crippen molar-refractivity contribution in [2.45, 2.75) is 46.6 Å². The van der Waals surface area contributed by atoms with Gasteiger partial charge in [0, 0.05) is 17.5 Å². The lowest BCUT2D eigenvalue weighted by molar-refractivity contribution is 0.0664. The lowest BCUT2D eigenvalue weighted by atomic mass is 9.97. The van der Waals surface area contributed by atoms with Crippen molar-refractivity contribution in [1.82, 2.24) is 4.90 Å². The van der Waals surface area contributed by atoms with E-state index in [9.17, 15) is 9.90 Å². The summed E-state index contributed by atoms with van der Waals surface area (Å²) in [6.45, 7) is 9.20. The summed E-state index contributed by atoms with van der Waals surface area (Å²) >= 11 is 0. The van der Waals surface area contributed by atoms with Gasteiger partial charge in [0.1, 0.15) is 5.58 Å². The predicted molar refractivity (Wildman–Crippen MR) is 86.5 cm³/mol. The second-order valence-electron chi connectivity index (χ2n) is 6.36. The van der Waals surface area contributed by atoms with Gasteiger partial charge in [0.25, 0.3) is 0 Å². The maximum Gasteiger partial charge on any atom is 0.372 e. The van der Waals surface area contributed by atoms with Gasteiger partial charge in [-0.2, -0.15) is 0 Å². The van der Waals surface area contributed by atoms with Crippen LogP contribution in [0.4, 0.5) is 0 Å². The van der Waals surface area contributed by atoms with Crippen LogP contribution in [0.25, 0.3) is 11.0 Å². The van der Waals surface area contributed by atoms with Crippen molar-refractivity contribution in [3.05, 3.63) is 34.1 Å². The third kappa shape index (κ3) is 2.52. The fraction of sp³-hybridized carbons (Fsp3) is 0.500. The molecular formula is C18H23NO3. The number of aryl methyl sites for hydroxylation is 2. The highest BCUT2D eigenvalue weighted by atomic mass is 16.4. The first-order chi connectivity index (χ1) is 10.5. The van der Waals surface area contributed by atoms with Gasteiger partial charge >= 0.3 is 5.97 Å². The average Bonchev–Trinajstić information content (AvgIpc) is 2.83. The monoisotopic (exact) mass is 301 g/mol. The summed E-state index contributed by atoms with van der Waals surface area (Å²) in [5, 5.41) is 10.2. The Morgan fingerprint density at radius 2 is 1.82 bits per heavy atom. The molecule has 4 nitrogen and oxygen atoms in total. The van der Waals surface area contributed by atoms with E-state index in [0.29, 0.717) is 0 Å². The highest BCUT2D eigenvalue weighted by Crippen LogP contribution is 2.32. The molecule has 4 heteroatoms. The van der Waals surface area contributed by atoms with Crippen molar-refractivity contribution in [3.63, 3.8) is 0 Å². The van der Waals surface area contributed by atoms with Gasteiger partial charge in [-0.1, -0.05) is 6.42 Å². The van der Waals surface area contributed by atoms with Crippen molar-refractivity contribution in [3.8, 4) is 0 Å². The van der Waals surface area contributed by atoms with Crippen LogP contribution >= 0.6 is 0 Å². The van der Waals surface area contributed by atoms with Crippen molar-refractivity contribution < 1.29 is 14.3 Å². The Labute approximate surface area is 130 Å². The van der Waals surface area contributed by atoms with Crippen molar-refractivity contribution in [2.24, 2.45) is 0 Å². The standard InChI is InChI=1S/C18H23NO3/c1-11-12(2)16-15(13(3)17(22-16)18(20)21)9-14(11)10-19-7-5-4-6-8-19/h9H,4-8,10H2,1-3H3,(H,20,21). The summed E-state index contributed by atoms with van der Waals surface area (Å²) in [5.41, 5.74) is 5.00. The number of hydrogen-bond donors (Lipinski definition) is 1. The summed E-state index contributed by atoms with van der Waals surface area (Å²) < 4.78 is 5.60. The van der Waals surface area contributed by atoms with Crippen molar-refractivity contribution >= 4 is 16.9 Å². The summed E-state index contributed by atoms with van der Waals surface area (Å²) in [7, 11) is 0. The number of nitrogens with zero attached hydrogens (tertiary/aromatic N) is 1. The number of aromatic carboxylic acids is 1. The van der Waals surface area contributed by atoms with E-state index >= 15 is 0 Å². The van der Waals surface area contributed by atoms with E-state index in [0.717, 1.165) is 41.7 Å². The molecule has 2 aromatic rings. The zero-order valence-electron chi connectivity index (χ0n) is 13.5. The molecule has 0 bridgehead atoms. The molecule has 1 fully saturated rings. The summed E-state index contributed by atoms with van der Waals surface area (Å²) in [4.78, 5) is 13.8. The lowest BCUT2D eigenvalue weighted by Crippen LogP contribution is -2.29. The maximum atomic E-state index is 11.3. The number of rotatable bonds is 3. The first-order valence-electron chi connectivity index (χ1n) is 7.97. The Bertz CT molecular complexity index is 724. The largest absolute Gasteiger partial charge is 0.475 e. The predicted octanol–water partition coefficient (Wildman–Crippen LogP) is 4.04. The molecule has 1 N–H and O–H groups in total. The minimum Gasteiger partial charge on any atom is -0.475 e. The van der Waals surface area contributed by atoms with Gasteiger partial charge in [-0.15, -0.1) is 0 Å². The number of furan rings is 1. The van der Waals surface area contributed by atoms with Crippen molar-refractivity contribution in [2.75, 3.05) is 13.1 Å². The highest BCUT2D eigenvalue weighted by Gasteiger charge is 2.21. The molecule has 3 rings (SSSR count). The van der Waals surface area contributed by atoms with Crippen LogP contribution in [-0.4, -0.2) is 29.1 Å². The van der Waals surface area contributed by atoms with E-state index in [4.69, 9.17) is 4.42 Å². The molecule has 22 heavy (non-hydrogen) atoms. The maximum absolute atomic E-state index is 11.3. The minimum absolute atomic E-state index is 0.0626. The van der Waals surface area contributed by atoms with Crippen LogP contribution < -0.4 is 0 Å². The minimum atomic E-state index is -0.997.